The molecule has 98 valence electrons. The molecule has 0 saturated heterocycles. The van der Waals surface area contributed by atoms with Crippen LogP contribution in [0.4, 0.5) is 10.5 Å². The minimum absolute atomic E-state index is 0.298. The summed E-state index contributed by atoms with van der Waals surface area (Å²) in [5.74, 6) is 0.453. The summed E-state index contributed by atoms with van der Waals surface area (Å²) in [7, 11) is 0. The molecule has 0 saturated carbocycles. The lowest BCUT2D eigenvalue weighted by Gasteiger charge is -2.10. The second kappa shape index (κ2) is 5.95. The molecule has 0 atom stereocenters. The zero-order chi connectivity index (χ0) is 13.8. The zero-order valence-electron chi connectivity index (χ0n) is 10.1. The number of benzene rings is 2. The van der Waals surface area contributed by atoms with E-state index in [2.05, 4.69) is 5.32 Å². The molecule has 0 heterocycles. The Kier molecular flexibility index (Phi) is 4.30. The Bertz CT molecular complexity index is 600. The standard InChI is InChI=1S/C14H11Cl2NO2/c1-9-7-8-11(13(16)12(9)15)17-14(18)19-10-5-3-2-4-6-10/h2-8H,1H3,(H,17,18). The van der Waals surface area contributed by atoms with Crippen molar-refractivity contribution >= 4 is 35.0 Å². The molecule has 19 heavy (non-hydrogen) atoms. The Labute approximate surface area is 121 Å². The quantitative estimate of drug-likeness (QED) is 0.854. The second-order valence-corrected chi connectivity index (χ2v) is 4.64. The van der Waals surface area contributed by atoms with Gasteiger partial charge < -0.3 is 4.74 Å². The van der Waals surface area contributed by atoms with Crippen molar-refractivity contribution in [2.75, 3.05) is 5.32 Å². The van der Waals surface area contributed by atoms with Crippen LogP contribution >= 0.6 is 23.2 Å². The molecule has 0 aliphatic carbocycles. The van der Waals surface area contributed by atoms with E-state index in [-0.39, 0.29) is 0 Å². The third-order valence-electron chi connectivity index (χ3n) is 2.47. The fourth-order valence-electron chi connectivity index (χ4n) is 1.47. The summed E-state index contributed by atoms with van der Waals surface area (Å²) in [4.78, 5) is 11.7. The average Bonchev–Trinajstić information content (AvgIpc) is 2.41. The molecule has 0 spiro atoms. The van der Waals surface area contributed by atoms with Crippen molar-refractivity contribution in [2.24, 2.45) is 0 Å². The van der Waals surface area contributed by atoms with Crippen molar-refractivity contribution < 1.29 is 9.53 Å². The molecule has 3 nitrogen and oxygen atoms in total. The number of carbonyl (C=O) groups is 1. The average molecular weight is 296 g/mol. The Morgan fingerprint density at radius 1 is 1.05 bits per heavy atom. The van der Waals surface area contributed by atoms with Crippen LogP contribution < -0.4 is 10.1 Å². The Morgan fingerprint density at radius 3 is 2.42 bits per heavy atom. The van der Waals surface area contributed by atoms with E-state index < -0.39 is 6.09 Å². The first kappa shape index (κ1) is 13.7. The Morgan fingerprint density at radius 2 is 1.74 bits per heavy atom. The molecular formula is C14H11Cl2NO2. The monoisotopic (exact) mass is 295 g/mol. The van der Waals surface area contributed by atoms with Crippen LogP contribution in [0.15, 0.2) is 42.5 Å². The van der Waals surface area contributed by atoms with Crippen LogP contribution in [0.25, 0.3) is 0 Å². The van der Waals surface area contributed by atoms with Gasteiger partial charge in [0.05, 0.1) is 15.7 Å². The summed E-state index contributed by atoms with van der Waals surface area (Å²) in [6, 6.07) is 12.2. The molecule has 0 bridgehead atoms. The molecule has 0 unspecified atom stereocenters. The van der Waals surface area contributed by atoms with Crippen LogP contribution in [-0.2, 0) is 0 Å². The fourth-order valence-corrected chi connectivity index (χ4v) is 1.90. The summed E-state index contributed by atoms with van der Waals surface area (Å²) in [5.41, 5.74) is 1.26. The van der Waals surface area contributed by atoms with Crippen molar-refractivity contribution in [1.82, 2.24) is 0 Å². The summed E-state index contributed by atoms with van der Waals surface area (Å²) < 4.78 is 5.09. The molecule has 0 aliphatic rings. The van der Waals surface area contributed by atoms with E-state index >= 15 is 0 Å². The van der Waals surface area contributed by atoms with E-state index in [1.807, 2.05) is 13.0 Å². The highest BCUT2D eigenvalue weighted by Gasteiger charge is 2.11. The lowest BCUT2D eigenvalue weighted by molar-refractivity contribution is 0.215. The minimum atomic E-state index is -0.618. The highest BCUT2D eigenvalue weighted by Crippen LogP contribution is 2.32. The number of rotatable bonds is 2. The van der Waals surface area contributed by atoms with Crippen molar-refractivity contribution in [1.29, 1.82) is 0 Å². The zero-order valence-corrected chi connectivity index (χ0v) is 11.6. The number of hydrogen-bond donors (Lipinski definition) is 1. The Hall–Kier alpha value is -1.71. The molecule has 5 heteroatoms. The first-order valence-corrected chi connectivity index (χ1v) is 6.32. The van der Waals surface area contributed by atoms with Crippen LogP contribution in [-0.4, -0.2) is 6.09 Å². The molecule has 2 aromatic carbocycles. The summed E-state index contributed by atoms with van der Waals surface area (Å²) in [6.07, 6.45) is -0.618. The third-order valence-corrected chi connectivity index (χ3v) is 3.44. The number of ether oxygens (including phenoxy) is 1. The molecule has 0 aromatic heterocycles. The second-order valence-electron chi connectivity index (χ2n) is 3.89. The van der Waals surface area contributed by atoms with Gasteiger partial charge in [-0.25, -0.2) is 4.79 Å². The lowest BCUT2D eigenvalue weighted by atomic mass is 10.2. The summed E-state index contributed by atoms with van der Waals surface area (Å²) >= 11 is 12.0. The number of halogens is 2. The number of aryl methyl sites for hydroxylation is 1. The van der Waals surface area contributed by atoms with Gasteiger partial charge >= 0.3 is 6.09 Å². The molecule has 0 aliphatic heterocycles. The summed E-state index contributed by atoms with van der Waals surface area (Å²) in [6.45, 7) is 1.83. The minimum Gasteiger partial charge on any atom is -0.410 e. The first-order chi connectivity index (χ1) is 9.08. The van der Waals surface area contributed by atoms with Gasteiger partial charge in [0.25, 0.3) is 0 Å². The van der Waals surface area contributed by atoms with Gasteiger partial charge in [0.1, 0.15) is 5.75 Å². The van der Waals surface area contributed by atoms with Crippen LogP contribution in [0, 0.1) is 6.92 Å². The van der Waals surface area contributed by atoms with E-state index in [0.717, 1.165) is 5.56 Å². The fraction of sp³-hybridized carbons (Fsp3) is 0.0714. The van der Waals surface area contributed by atoms with Crippen LogP contribution in [0.5, 0.6) is 5.75 Å². The van der Waals surface area contributed by atoms with Gasteiger partial charge in [0.15, 0.2) is 0 Å². The Balaban J connectivity index is 2.10. The maximum absolute atomic E-state index is 11.7. The van der Waals surface area contributed by atoms with Gasteiger partial charge in [0, 0.05) is 0 Å². The van der Waals surface area contributed by atoms with Gasteiger partial charge in [-0.15, -0.1) is 0 Å². The maximum atomic E-state index is 11.7. The molecule has 1 N–H and O–H groups in total. The van der Waals surface area contributed by atoms with Crippen molar-refractivity contribution in [3.63, 3.8) is 0 Å². The van der Waals surface area contributed by atoms with Crippen molar-refractivity contribution in [3.05, 3.63) is 58.1 Å². The molecule has 0 radical (unpaired) electrons. The van der Waals surface area contributed by atoms with Crippen molar-refractivity contribution in [3.8, 4) is 5.75 Å². The summed E-state index contributed by atoms with van der Waals surface area (Å²) in [5, 5.41) is 3.26. The van der Waals surface area contributed by atoms with Crippen LogP contribution in [0.3, 0.4) is 0 Å². The third kappa shape index (κ3) is 3.40. The van der Waals surface area contributed by atoms with E-state index in [1.165, 1.54) is 0 Å². The number of hydrogen-bond acceptors (Lipinski definition) is 2. The first-order valence-electron chi connectivity index (χ1n) is 5.56. The van der Waals surface area contributed by atoms with E-state index in [1.54, 1.807) is 36.4 Å². The van der Waals surface area contributed by atoms with Gasteiger partial charge in [-0.05, 0) is 30.7 Å². The largest absolute Gasteiger partial charge is 0.417 e. The maximum Gasteiger partial charge on any atom is 0.417 e. The van der Waals surface area contributed by atoms with E-state index in [4.69, 9.17) is 27.9 Å². The number of carbonyl (C=O) groups excluding carboxylic acids is 1. The highest BCUT2D eigenvalue weighted by atomic mass is 35.5. The number of anilines is 1. The van der Waals surface area contributed by atoms with Gasteiger partial charge in [0.2, 0.25) is 0 Å². The molecule has 2 rings (SSSR count). The topological polar surface area (TPSA) is 38.3 Å². The molecule has 1 amide bonds. The molecular weight excluding hydrogens is 285 g/mol. The normalized spacial score (nSPS) is 10.1. The highest BCUT2D eigenvalue weighted by molar-refractivity contribution is 6.44. The van der Waals surface area contributed by atoms with Gasteiger partial charge in [-0.3, -0.25) is 5.32 Å². The van der Waals surface area contributed by atoms with Crippen LogP contribution in [0.2, 0.25) is 10.0 Å². The van der Waals surface area contributed by atoms with E-state index in [0.29, 0.717) is 21.5 Å². The smallest absolute Gasteiger partial charge is 0.410 e. The van der Waals surface area contributed by atoms with Gasteiger partial charge in [-0.1, -0.05) is 47.5 Å². The number of para-hydroxylation sites is 1. The van der Waals surface area contributed by atoms with Gasteiger partial charge in [-0.2, -0.15) is 0 Å². The number of amides is 1. The van der Waals surface area contributed by atoms with E-state index in [9.17, 15) is 4.79 Å². The lowest BCUT2D eigenvalue weighted by Crippen LogP contribution is -2.17. The van der Waals surface area contributed by atoms with Crippen molar-refractivity contribution in [2.45, 2.75) is 6.92 Å². The molecule has 2 aromatic rings. The van der Waals surface area contributed by atoms with Crippen LogP contribution in [0.1, 0.15) is 5.56 Å². The predicted molar refractivity (Wildman–Crippen MR) is 77.3 cm³/mol. The number of nitrogens with one attached hydrogen (secondary N) is 1. The SMILES string of the molecule is Cc1ccc(NC(=O)Oc2ccccc2)c(Cl)c1Cl. The molecule has 0 fully saturated rings. The predicted octanol–water partition coefficient (Wildman–Crippen LogP) is 4.91.